The van der Waals surface area contributed by atoms with Gasteiger partial charge in [-0.25, -0.2) is 9.59 Å². The second kappa shape index (κ2) is 6.95. The molecule has 2 aromatic rings. The lowest BCUT2D eigenvalue weighted by Gasteiger charge is -2.01. The summed E-state index contributed by atoms with van der Waals surface area (Å²) in [6.45, 7) is 11.8. The van der Waals surface area contributed by atoms with Crippen molar-refractivity contribution in [1.82, 2.24) is 9.97 Å². The molecule has 0 bridgehead atoms. The number of hydrogen-bond acceptors (Lipinski definition) is 4. The normalized spacial score (nSPS) is 10.8. The average Bonchev–Trinajstić information content (AvgIpc) is 2.99. The summed E-state index contributed by atoms with van der Waals surface area (Å²) >= 11 is 0. The number of rotatable bonds is 5. The Morgan fingerprint density at radius 1 is 0.708 bits per heavy atom. The predicted molar refractivity (Wildman–Crippen MR) is 91.4 cm³/mol. The van der Waals surface area contributed by atoms with E-state index in [9.17, 15) is 9.59 Å². The van der Waals surface area contributed by atoms with E-state index < -0.39 is 0 Å². The van der Waals surface area contributed by atoms with Gasteiger partial charge in [-0.1, -0.05) is 0 Å². The second-order valence-corrected chi connectivity index (χ2v) is 5.69. The van der Waals surface area contributed by atoms with Crippen LogP contribution in [0.4, 0.5) is 0 Å². The minimum atomic E-state index is -0.379. The first kappa shape index (κ1) is 17.8. The highest BCUT2D eigenvalue weighted by Gasteiger charge is 2.24. The smallest absolute Gasteiger partial charge is 0.355 e. The van der Waals surface area contributed by atoms with E-state index in [4.69, 9.17) is 9.47 Å². The fraction of sp³-hybridized carbons (Fsp3) is 0.444. The van der Waals surface area contributed by atoms with E-state index in [0.29, 0.717) is 24.6 Å². The summed E-state index contributed by atoms with van der Waals surface area (Å²) in [6, 6.07) is 0. The molecule has 0 aliphatic rings. The third-order valence-electron chi connectivity index (χ3n) is 4.33. The third kappa shape index (κ3) is 2.96. The van der Waals surface area contributed by atoms with Gasteiger partial charge < -0.3 is 19.4 Å². The predicted octanol–water partition coefficient (Wildman–Crippen LogP) is 3.60. The van der Waals surface area contributed by atoms with Gasteiger partial charge >= 0.3 is 11.9 Å². The minimum absolute atomic E-state index is 0.319. The SMILES string of the molecule is CCOC(=O)c1[nH]c(-c2[nH]c(C(=O)OCC)c(C)c2C)c(C)c1C. The summed E-state index contributed by atoms with van der Waals surface area (Å²) in [5.74, 6) is -0.758. The molecule has 0 spiro atoms. The topological polar surface area (TPSA) is 84.2 Å². The van der Waals surface area contributed by atoms with E-state index in [1.807, 2.05) is 27.7 Å². The standard InChI is InChI=1S/C18H24N2O4/c1-7-23-17(21)15-11(5)9(3)13(19-15)14-10(4)12(6)16(20-14)18(22)24-8-2/h19-20H,7-8H2,1-6H3. The lowest BCUT2D eigenvalue weighted by atomic mass is 10.1. The Kier molecular flexibility index (Phi) is 5.17. The van der Waals surface area contributed by atoms with Crippen molar-refractivity contribution in [2.24, 2.45) is 0 Å². The quantitative estimate of drug-likeness (QED) is 0.819. The number of aromatic amines is 2. The number of aromatic nitrogens is 2. The van der Waals surface area contributed by atoms with Crippen molar-refractivity contribution in [2.45, 2.75) is 41.5 Å². The molecule has 0 saturated heterocycles. The number of H-pyrrole nitrogens is 2. The Morgan fingerprint density at radius 2 is 1.04 bits per heavy atom. The molecule has 0 atom stereocenters. The minimum Gasteiger partial charge on any atom is -0.461 e. The molecule has 2 N–H and O–H groups in total. The summed E-state index contributed by atoms with van der Waals surface area (Å²) in [6.07, 6.45) is 0. The average molecular weight is 332 g/mol. The zero-order valence-electron chi connectivity index (χ0n) is 15.0. The highest BCUT2D eigenvalue weighted by molar-refractivity contribution is 5.93. The monoisotopic (exact) mass is 332 g/mol. The maximum atomic E-state index is 12.1. The molecule has 0 aliphatic heterocycles. The maximum absolute atomic E-state index is 12.1. The van der Waals surface area contributed by atoms with Gasteiger partial charge in [0.2, 0.25) is 0 Å². The van der Waals surface area contributed by atoms with Crippen LogP contribution < -0.4 is 0 Å². The Hall–Kier alpha value is -2.50. The van der Waals surface area contributed by atoms with Crippen LogP contribution in [0.2, 0.25) is 0 Å². The summed E-state index contributed by atoms with van der Waals surface area (Å²) < 4.78 is 10.2. The van der Waals surface area contributed by atoms with Crippen molar-refractivity contribution in [1.29, 1.82) is 0 Å². The molecule has 0 fully saturated rings. The molecule has 6 heteroatoms. The van der Waals surface area contributed by atoms with Crippen molar-refractivity contribution >= 4 is 11.9 Å². The van der Waals surface area contributed by atoms with Crippen LogP contribution in [0.1, 0.15) is 57.1 Å². The molecular formula is C18H24N2O4. The number of carbonyl (C=O) groups is 2. The van der Waals surface area contributed by atoms with Crippen LogP contribution in [0, 0.1) is 27.7 Å². The first-order valence-electron chi connectivity index (χ1n) is 8.06. The zero-order chi connectivity index (χ0) is 18.0. The number of esters is 2. The van der Waals surface area contributed by atoms with E-state index in [0.717, 1.165) is 33.6 Å². The maximum Gasteiger partial charge on any atom is 0.355 e. The van der Waals surface area contributed by atoms with Crippen molar-refractivity contribution in [3.05, 3.63) is 33.6 Å². The molecule has 2 rings (SSSR count). The zero-order valence-corrected chi connectivity index (χ0v) is 15.0. The molecule has 0 amide bonds. The van der Waals surface area contributed by atoms with Gasteiger partial charge in [0.1, 0.15) is 11.4 Å². The van der Waals surface area contributed by atoms with Gasteiger partial charge in [0, 0.05) is 0 Å². The van der Waals surface area contributed by atoms with Gasteiger partial charge in [-0.3, -0.25) is 0 Å². The molecule has 0 radical (unpaired) electrons. The van der Waals surface area contributed by atoms with Gasteiger partial charge in [-0.15, -0.1) is 0 Å². The molecule has 0 aliphatic carbocycles. The Bertz CT molecular complexity index is 717. The molecule has 2 aromatic heterocycles. The van der Waals surface area contributed by atoms with Crippen LogP contribution >= 0.6 is 0 Å². The summed E-state index contributed by atoms with van der Waals surface area (Å²) in [7, 11) is 0. The Balaban J connectivity index is 2.53. The first-order valence-corrected chi connectivity index (χ1v) is 8.06. The third-order valence-corrected chi connectivity index (χ3v) is 4.33. The van der Waals surface area contributed by atoms with Gasteiger partial charge in [0.25, 0.3) is 0 Å². The Morgan fingerprint density at radius 3 is 1.33 bits per heavy atom. The molecule has 130 valence electrons. The molecule has 24 heavy (non-hydrogen) atoms. The molecule has 0 aromatic carbocycles. The van der Waals surface area contributed by atoms with Crippen molar-refractivity contribution in [3.63, 3.8) is 0 Å². The summed E-state index contributed by atoms with van der Waals surface area (Å²) in [4.78, 5) is 30.4. The van der Waals surface area contributed by atoms with Gasteiger partial charge in [-0.05, 0) is 63.8 Å². The van der Waals surface area contributed by atoms with Crippen LogP contribution in [0.15, 0.2) is 0 Å². The van der Waals surface area contributed by atoms with E-state index >= 15 is 0 Å². The van der Waals surface area contributed by atoms with E-state index in [-0.39, 0.29) is 11.9 Å². The van der Waals surface area contributed by atoms with Crippen LogP contribution in [0.5, 0.6) is 0 Å². The van der Waals surface area contributed by atoms with Crippen LogP contribution in [0.25, 0.3) is 11.4 Å². The van der Waals surface area contributed by atoms with E-state index in [2.05, 4.69) is 9.97 Å². The fourth-order valence-corrected chi connectivity index (χ4v) is 2.69. The molecule has 0 saturated carbocycles. The van der Waals surface area contributed by atoms with Crippen LogP contribution in [0.3, 0.4) is 0 Å². The number of nitrogens with one attached hydrogen (secondary N) is 2. The largest absolute Gasteiger partial charge is 0.461 e. The van der Waals surface area contributed by atoms with E-state index in [1.54, 1.807) is 13.8 Å². The van der Waals surface area contributed by atoms with Gasteiger partial charge in [0.15, 0.2) is 0 Å². The molecule has 6 nitrogen and oxygen atoms in total. The van der Waals surface area contributed by atoms with Crippen molar-refractivity contribution in [3.8, 4) is 11.4 Å². The van der Waals surface area contributed by atoms with Gasteiger partial charge in [-0.2, -0.15) is 0 Å². The summed E-state index contributed by atoms with van der Waals surface area (Å²) in [5, 5.41) is 0. The summed E-state index contributed by atoms with van der Waals surface area (Å²) in [5.41, 5.74) is 6.01. The number of hydrogen-bond donors (Lipinski definition) is 2. The number of carbonyl (C=O) groups excluding carboxylic acids is 2. The molecule has 0 unspecified atom stereocenters. The van der Waals surface area contributed by atoms with Crippen LogP contribution in [-0.2, 0) is 9.47 Å². The lowest BCUT2D eigenvalue weighted by molar-refractivity contribution is 0.0509. The highest BCUT2D eigenvalue weighted by Crippen LogP contribution is 2.32. The van der Waals surface area contributed by atoms with Crippen molar-refractivity contribution in [2.75, 3.05) is 13.2 Å². The van der Waals surface area contributed by atoms with E-state index in [1.165, 1.54) is 0 Å². The number of ether oxygens (including phenoxy) is 2. The first-order chi connectivity index (χ1) is 11.3. The Labute approximate surface area is 141 Å². The van der Waals surface area contributed by atoms with Gasteiger partial charge in [0.05, 0.1) is 24.6 Å². The second-order valence-electron chi connectivity index (χ2n) is 5.69. The van der Waals surface area contributed by atoms with Crippen LogP contribution in [-0.4, -0.2) is 35.1 Å². The highest BCUT2D eigenvalue weighted by atomic mass is 16.5. The lowest BCUT2D eigenvalue weighted by Crippen LogP contribution is -2.07. The molecule has 2 heterocycles. The van der Waals surface area contributed by atoms with Crippen molar-refractivity contribution < 1.29 is 19.1 Å². The molecular weight excluding hydrogens is 308 g/mol. The fourth-order valence-electron chi connectivity index (χ4n) is 2.69.